The van der Waals surface area contributed by atoms with Crippen LogP contribution in [-0.4, -0.2) is 5.78 Å². The van der Waals surface area contributed by atoms with E-state index < -0.39 is 0 Å². The first-order valence-electron chi connectivity index (χ1n) is 4.61. The van der Waals surface area contributed by atoms with E-state index in [1.807, 2.05) is 17.5 Å². The van der Waals surface area contributed by atoms with E-state index in [9.17, 15) is 4.79 Å². The summed E-state index contributed by atoms with van der Waals surface area (Å²) in [5.74, 6) is 5.20. The summed E-state index contributed by atoms with van der Waals surface area (Å²) in [7, 11) is 0. The van der Waals surface area contributed by atoms with Crippen LogP contribution in [0.3, 0.4) is 0 Å². The number of hydrogen-bond acceptors (Lipinski definition) is 2. The highest BCUT2D eigenvalue weighted by Gasteiger charge is 2.01. The fraction of sp³-hybridized carbons (Fsp3) is 0. The first-order valence-corrected chi connectivity index (χ1v) is 5.87. The van der Waals surface area contributed by atoms with Crippen LogP contribution in [-0.2, 0) is 0 Å². The molecule has 0 spiro atoms. The Balaban J connectivity index is 2.21. The van der Waals surface area contributed by atoms with Gasteiger partial charge in [0, 0.05) is 10.6 Å². The lowest BCUT2D eigenvalue weighted by Crippen LogP contribution is -1.93. The molecule has 0 aliphatic rings. The molecule has 2 rings (SSSR count). The quantitative estimate of drug-likeness (QED) is 0.555. The molecule has 0 fully saturated rings. The van der Waals surface area contributed by atoms with E-state index in [1.54, 1.807) is 24.3 Å². The summed E-state index contributed by atoms with van der Waals surface area (Å²) in [6.45, 7) is 0. The minimum absolute atomic E-state index is 0.212. The molecule has 78 valence electrons. The average molecular weight is 247 g/mol. The van der Waals surface area contributed by atoms with Gasteiger partial charge in [-0.25, -0.2) is 0 Å². The second-order valence-electron chi connectivity index (χ2n) is 3.07. The molecule has 0 atom stereocenters. The fourth-order valence-electron chi connectivity index (χ4n) is 1.17. The van der Waals surface area contributed by atoms with Crippen LogP contribution in [0.2, 0.25) is 5.02 Å². The summed E-state index contributed by atoms with van der Waals surface area (Å²) in [4.78, 5) is 12.5. The van der Waals surface area contributed by atoms with E-state index in [4.69, 9.17) is 11.6 Å². The third kappa shape index (κ3) is 2.73. The predicted octanol–water partition coefficient (Wildman–Crippen LogP) is 3.64. The lowest BCUT2D eigenvalue weighted by atomic mass is 10.1. The SMILES string of the molecule is O=C(C#Cc1cccs1)c1cccc(Cl)c1. The van der Waals surface area contributed by atoms with E-state index in [0.717, 1.165) is 4.88 Å². The molecule has 1 heterocycles. The molecule has 1 aromatic carbocycles. The predicted molar refractivity (Wildman–Crippen MR) is 67.0 cm³/mol. The van der Waals surface area contributed by atoms with Crippen LogP contribution in [0.5, 0.6) is 0 Å². The molecule has 0 N–H and O–H groups in total. The van der Waals surface area contributed by atoms with Crippen molar-refractivity contribution < 1.29 is 4.79 Å². The van der Waals surface area contributed by atoms with Crippen molar-refractivity contribution in [1.82, 2.24) is 0 Å². The highest BCUT2D eigenvalue weighted by molar-refractivity contribution is 7.10. The van der Waals surface area contributed by atoms with Crippen molar-refractivity contribution in [3.05, 3.63) is 57.2 Å². The Labute approximate surface area is 103 Å². The molecular formula is C13H7ClOS. The Bertz CT molecular complexity index is 561. The number of thiophene rings is 1. The van der Waals surface area contributed by atoms with Gasteiger partial charge in [-0.15, -0.1) is 11.3 Å². The highest BCUT2D eigenvalue weighted by atomic mass is 35.5. The third-order valence-electron chi connectivity index (χ3n) is 1.91. The minimum Gasteiger partial charge on any atom is -0.279 e. The minimum atomic E-state index is -0.212. The normalized spacial score (nSPS) is 9.31. The summed E-state index contributed by atoms with van der Waals surface area (Å²) in [6.07, 6.45) is 0. The van der Waals surface area contributed by atoms with Crippen LogP contribution in [0.25, 0.3) is 0 Å². The van der Waals surface area contributed by atoms with Gasteiger partial charge in [0.1, 0.15) is 0 Å². The Morgan fingerprint density at radius 2 is 2.12 bits per heavy atom. The van der Waals surface area contributed by atoms with E-state index in [-0.39, 0.29) is 5.78 Å². The summed E-state index contributed by atoms with van der Waals surface area (Å²) >= 11 is 7.30. The number of carbonyl (C=O) groups excluding carboxylic acids is 1. The van der Waals surface area contributed by atoms with Crippen molar-refractivity contribution in [3.8, 4) is 11.8 Å². The maximum atomic E-state index is 11.7. The largest absolute Gasteiger partial charge is 0.279 e. The fourth-order valence-corrected chi connectivity index (χ4v) is 1.93. The second kappa shape index (κ2) is 4.98. The van der Waals surface area contributed by atoms with Crippen molar-refractivity contribution >= 4 is 28.7 Å². The Morgan fingerprint density at radius 1 is 1.25 bits per heavy atom. The second-order valence-corrected chi connectivity index (χ2v) is 4.45. The molecule has 0 bridgehead atoms. The van der Waals surface area contributed by atoms with Gasteiger partial charge in [0.25, 0.3) is 0 Å². The van der Waals surface area contributed by atoms with Crippen LogP contribution in [0, 0.1) is 11.8 Å². The number of hydrogen-bond donors (Lipinski definition) is 0. The standard InChI is InChI=1S/C13H7ClOS/c14-11-4-1-3-10(9-11)13(15)7-6-12-5-2-8-16-12/h1-5,8-9H. The molecule has 0 aliphatic heterocycles. The van der Waals surface area contributed by atoms with Crippen LogP contribution >= 0.6 is 22.9 Å². The van der Waals surface area contributed by atoms with Crippen molar-refractivity contribution in [2.24, 2.45) is 0 Å². The molecule has 0 amide bonds. The van der Waals surface area contributed by atoms with Gasteiger partial charge >= 0.3 is 0 Å². The van der Waals surface area contributed by atoms with E-state index in [2.05, 4.69) is 11.8 Å². The molecule has 0 unspecified atom stereocenters. The number of ketones is 1. The summed E-state index contributed by atoms with van der Waals surface area (Å²) in [5, 5.41) is 2.47. The van der Waals surface area contributed by atoms with Gasteiger partial charge in [-0.2, -0.15) is 0 Å². The third-order valence-corrected chi connectivity index (χ3v) is 2.93. The summed E-state index contributed by atoms with van der Waals surface area (Å²) in [5.41, 5.74) is 0.525. The molecule has 1 aromatic heterocycles. The zero-order valence-electron chi connectivity index (χ0n) is 8.24. The maximum absolute atomic E-state index is 11.7. The van der Waals surface area contributed by atoms with Crippen LogP contribution in [0.4, 0.5) is 0 Å². The Hall–Kier alpha value is -1.56. The van der Waals surface area contributed by atoms with E-state index in [0.29, 0.717) is 10.6 Å². The van der Waals surface area contributed by atoms with Crippen molar-refractivity contribution in [2.75, 3.05) is 0 Å². The first-order chi connectivity index (χ1) is 7.75. The molecule has 16 heavy (non-hydrogen) atoms. The van der Waals surface area contributed by atoms with Crippen LogP contribution < -0.4 is 0 Å². The number of Topliss-reactive ketones (excluding diaryl/α,β-unsaturated/α-hetero) is 1. The summed E-state index contributed by atoms with van der Waals surface area (Å²) < 4.78 is 0. The molecule has 2 aromatic rings. The number of benzene rings is 1. The molecule has 0 saturated carbocycles. The van der Waals surface area contributed by atoms with Gasteiger partial charge in [-0.05, 0) is 35.4 Å². The molecule has 0 radical (unpaired) electrons. The summed E-state index contributed by atoms with van der Waals surface area (Å²) in [6, 6.07) is 10.6. The van der Waals surface area contributed by atoms with Crippen molar-refractivity contribution in [2.45, 2.75) is 0 Å². The number of halogens is 1. The lowest BCUT2D eigenvalue weighted by molar-refractivity contribution is 0.105. The van der Waals surface area contributed by atoms with Gasteiger partial charge < -0.3 is 0 Å². The molecule has 0 aliphatic carbocycles. The molecule has 0 saturated heterocycles. The topological polar surface area (TPSA) is 17.1 Å². The first kappa shape index (κ1) is 10.9. The zero-order valence-corrected chi connectivity index (χ0v) is 9.81. The van der Waals surface area contributed by atoms with E-state index >= 15 is 0 Å². The molecular weight excluding hydrogens is 240 g/mol. The molecule has 3 heteroatoms. The monoisotopic (exact) mass is 246 g/mol. The van der Waals surface area contributed by atoms with Crippen molar-refractivity contribution in [1.29, 1.82) is 0 Å². The van der Waals surface area contributed by atoms with Gasteiger partial charge in [0.05, 0.1) is 4.88 Å². The smallest absolute Gasteiger partial charge is 0.236 e. The van der Waals surface area contributed by atoms with E-state index in [1.165, 1.54) is 11.3 Å². The number of carbonyl (C=O) groups is 1. The van der Waals surface area contributed by atoms with Crippen LogP contribution in [0.1, 0.15) is 15.2 Å². The Kier molecular flexibility index (Phi) is 3.40. The van der Waals surface area contributed by atoms with Gasteiger partial charge in [0.2, 0.25) is 5.78 Å². The maximum Gasteiger partial charge on any atom is 0.236 e. The van der Waals surface area contributed by atoms with Gasteiger partial charge in [-0.3, -0.25) is 4.79 Å². The average Bonchev–Trinajstić information content (AvgIpc) is 2.78. The van der Waals surface area contributed by atoms with Crippen LogP contribution in [0.15, 0.2) is 41.8 Å². The van der Waals surface area contributed by atoms with Crippen molar-refractivity contribution in [3.63, 3.8) is 0 Å². The van der Waals surface area contributed by atoms with Gasteiger partial charge in [0.15, 0.2) is 0 Å². The number of rotatable bonds is 1. The Morgan fingerprint density at radius 3 is 2.81 bits per heavy atom. The highest BCUT2D eigenvalue weighted by Crippen LogP contribution is 2.11. The zero-order chi connectivity index (χ0) is 11.4. The molecule has 1 nitrogen and oxygen atoms in total. The van der Waals surface area contributed by atoms with Gasteiger partial charge in [-0.1, -0.05) is 29.8 Å². The lowest BCUT2D eigenvalue weighted by Gasteiger charge is -1.93.